The fraction of sp³-hybridized carbons (Fsp3) is 0.303. The fourth-order valence-corrected chi connectivity index (χ4v) is 22.6. The van der Waals surface area contributed by atoms with Crippen molar-refractivity contribution in [2.45, 2.75) is 117 Å². The lowest BCUT2D eigenvalue weighted by atomic mass is 9.51. The molecule has 0 spiro atoms. The second-order valence-corrected chi connectivity index (χ2v) is 32.4. The van der Waals surface area contributed by atoms with E-state index in [9.17, 15) is 44.9 Å². The molecule has 15 nitrogen and oxygen atoms in total. The number of ether oxygens (including phenoxy) is 2. The van der Waals surface area contributed by atoms with Crippen LogP contribution in [0.5, 0.6) is 0 Å². The van der Waals surface area contributed by atoms with E-state index in [1.165, 1.54) is 114 Å². The zero-order valence-corrected chi connectivity index (χ0v) is 66.4. The molecule has 16 heteroatoms. The monoisotopic (exact) mass is 1580 g/mol. The number of amides is 2. The molecule has 0 fully saturated rings. The highest BCUT2D eigenvalue weighted by Crippen LogP contribution is 2.67. The maximum Gasteiger partial charge on any atom is 0.313 e. The Morgan fingerprint density at radius 1 is 0.383 bits per heavy atom. The van der Waals surface area contributed by atoms with Crippen LogP contribution in [-0.4, -0.2) is 75.0 Å². The number of methoxy groups -OCH3 is 2. The minimum atomic E-state index is -1.01. The molecule has 10 aromatic rings. The normalized spacial score (nSPS) is 26.1. The second-order valence-electron chi connectivity index (χ2n) is 31.9. The summed E-state index contributed by atoms with van der Waals surface area (Å²) in [5.41, 5.74) is 28.3. The van der Waals surface area contributed by atoms with Gasteiger partial charge in [-0.05, 0) is 156 Å². The molecule has 15 aliphatic rings. The maximum atomic E-state index is 12.9. The molecule has 0 saturated carbocycles. The Bertz CT molecular complexity index is 5280. The lowest BCUT2D eigenvalue weighted by Gasteiger charge is -2.52. The van der Waals surface area contributed by atoms with Gasteiger partial charge in [0.15, 0.2) is 0 Å². The van der Waals surface area contributed by atoms with Crippen LogP contribution in [0.3, 0.4) is 0 Å². The van der Waals surface area contributed by atoms with E-state index in [2.05, 4.69) is 215 Å². The molecule has 115 heavy (non-hydrogen) atoms. The van der Waals surface area contributed by atoms with Crippen molar-refractivity contribution in [2.75, 3.05) is 40.2 Å². The largest absolute Gasteiger partial charge is 0.481 e. The molecule has 0 radical (unpaired) electrons. The molecule has 15 aliphatic carbocycles. The highest BCUT2D eigenvalue weighted by molar-refractivity contribution is 9.09. The molecule has 10 aromatic carbocycles. The van der Waals surface area contributed by atoms with Gasteiger partial charge in [-0.25, -0.2) is 0 Å². The van der Waals surface area contributed by atoms with E-state index in [1.54, 1.807) is 14.1 Å². The van der Waals surface area contributed by atoms with Gasteiger partial charge in [0.05, 0.1) is 90.7 Å². The van der Waals surface area contributed by atoms with Gasteiger partial charge in [0.25, 0.3) is 0 Å². The molecule has 25 rings (SSSR count). The number of esters is 2. The van der Waals surface area contributed by atoms with Gasteiger partial charge < -0.3 is 30.9 Å². The molecule has 0 heterocycles. The van der Waals surface area contributed by atoms with Crippen molar-refractivity contribution in [3.05, 3.63) is 354 Å². The van der Waals surface area contributed by atoms with Gasteiger partial charge >= 0.3 is 17.9 Å². The van der Waals surface area contributed by atoms with Crippen molar-refractivity contribution >= 4 is 45.7 Å². The third kappa shape index (κ3) is 12.7. The van der Waals surface area contributed by atoms with E-state index >= 15 is 0 Å². The van der Waals surface area contributed by atoms with Crippen LogP contribution in [0.25, 0.3) is 0 Å². The molecule has 5 N–H and O–H groups in total. The highest BCUT2D eigenvalue weighted by Gasteiger charge is 2.61. The highest BCUT2D eigenvalue weighted by atomic mass is 79.9. The van der Waals surface area contributed by atoms with Crippen molar-refractivity contribution in [3.63, 3.8) is 0 Å². The number of hydrogen-bond acceptors (Lipinski definition) is 12. The van der Waals surface area contributed by atoms with Gasteiger partial charge in [-0.3, -0.25) is 24.0 Å². The van der Waals surface area contributed by atoms with Gasteiger partial charge in [-0.1, -0.05) is 259 Å². The number of nitrogens with zero attached hydrogens (tertiary/aromatic N) is 4. The summed E-state index contributed by atoms with van der Waals surface area (Å²) in [6, 6.07) is 92.3. The minimum absolute atomic E-state index is 0.0157. The summed E-state index contributed by atoms with van der Waals surface area (Å²) >= 11 is 2.89. The predicted octanol–water partition coefficient (Wildman–Crippen LogP) is 17.8. The fourth-order valence-electron chi connectivity index (χ4n) is 22.6. The van der Waals surface area contributed by atoms with Gasteiger partial charge in [0, 0.05) is 73.3 Å². The molecule has 5 unspecified atom stereocenters. The number of carbonyl (C=O) groups excluding carboxylic acids is 4. The van der Waals surface area contributed by atoms with Crippen molar-refractivity contribution in [1.29, 1.82) is 21.0 Å². The summed E-state index contributed by atoms with van der Waals surface area (Å²) in [5.74, 6) is -0.228. The molecular formula is C99H90BrN7O8. The number of nitrogens with one attached hydrogen (secondary N) is 2. The standard InChI is InChI=1S/C20H22N2O.C20H18N2O.C20H17NO2.C19H15NO2.C18H16O2.C2H2BrN/c2*1-22-19(23)20(10-11-21)12-17-13-6-2-4-8-15(13)18(20)16-9-5-3-7-14(16)17;1-23-19(22)20(10-11-21)12-17-13-6-2-4-8-15(13)18(20)16-9-5-3-7-14(16)17;20-10-9-19(18(21)22)11-16-12-5-1-3-7-14(12)17(19)15-8-4-2-6-13(15)16;1-20-18(19)16-10-15-11-6-2-4-8-13(11)17(16)14-9-5-3-7-12(14)15;3-1-2-4/h2-9,17-18H,10-12,21H2,1H3,(H,22,23);2-9,17-18H,10,12H2,1H3,(H,22,23);2-9,17-18H,10,12H2,1H3;1-8,16-17H,9,11H2,(H,21,22);2-9,15-17H,10H2,1H3;1H2. The number of fused-ring (bicyclic) bond motifs is 5. The molecule has 576 valence electrons. The Balaban J connectivity index is 0.000000112. The van der Waals surface area contributed by atoms with Gasteiger partial charge in [-0.2, -0.15) is 21.0 Å². The Hall–Kier alpha value is -12.1. The zero-order chi connectivity index (χ0) is 80.5. The van der Waals surface area contributed by atoms with Crippen molar-refractivity contribution in [3.8, 4) is 24.3 Å². The Morgan fingerprint density at radius 2 is 0.626 bits per heavy atom. The molecular weight excluding hydrogens is 1500 g/mol. The van der Waals surface area contributed by atoms with Gasteiger partial charge in [0.2, 0.25) is 11.8 Å². The number of nitrogens with two attached hydrogens (primary N) is 1. The number of nitriles is 4. The third-order valence-electron chi connectivity index (χ3n) is 27.0. The number of halogens is 1. The number of carboxylic acids is 1. The van der Waals surface area contributed by atoms with Gasteiger partial charge in [0.1, 0.15) is 0 Å². The van der Waals surface area contributed by atoms with Crippen molar-refractivity contribution in [2.24, 2.45) is 33.3 Å². The van der Waals surface area contributed by atoms with Crippen LogP contribution in [0.4, 0.5) is 0 Å². The Morgan fingerprint density at radius 3 is 0.913 bits per heavy atom. The van der Waals surface area contributed by atoms with Crippen molar-refractivity contribution < 1.29 is 38.6 Å². The summed E-state index contributed by atoms with van der Waals surface area (Å²) < 4.78 is 10.2. The minimum Gasteiger partial charge on any atom is -0.481 e. The van der Waals surface area contributed by atoms with E-state index < -0.39 is 27.6 Å². The number of aliphatic carboxylic acids is 1. The first kappa shape index (κ1) is 78.2. The van der Waals surface area contributed by atoms with E-state index in [0.717, 1.165) is 30.4 Å². The first-order chi connectivity index (χ1) is 56.1. The number of hydrogen-bond donors (Lipinski definition) is 4. The molecule has 0 saturated heterocycles. The smallest absolute Gasteiger partial charge is 0.313 e. The van der Waals surface area contributed by atoms with E-state index in [0.29, 0.717) is 37.1 Å². The summed E-state index contributed by atoms with van der Waals surface area (Å²) in [7, 11) is 6.31. The van der Waals surface area contributed by atoms with Crippen molar-refractivity contribution in [1.82, 2.24) is 10.6 Å². The number of alkyl halides is 1. The number of carbonyl (C=O) groups is 5. The molecule has 0 aromatic heterocycles. The van der Waals surface area contributed by atoms with Crippen LogP contribution in [0.2, 0.25) is 0 Å². The van der Waals surface area contributed by atoms with Crippen LogP contribution in [0.1, 0.15) is 228 Å². The average Bonchev–Trinajstić information content (AvgIpc) is 0.719. The lowest BCUT2D eigenvalue weighted by Crippen LogP contribution is -2.51. The SMILES string of the molecule is CNC(=O)C1(CC#N)CC2c3ccccc3C1c1ccccc12.CNC(=O)C1(CCN)CC2c3ccccc3C1c1ccccc12.COC(=O)C1(CC#N)CC2c3ccccc3C1c1ccccc12.COC(=O)C1CC2c3ccccc3C1c1ccccc12.N#CCBr.N#CCC1(C(=O)O)CC2c3ccccc3C1c1ccccc12. The molecule has 5 atom stereocenters. The summed E-state index contributed by atoms with van der Waals surface area (Å²) in [6.45, 7) is 0.529. The number of benzene rings is 10. The van der Waals surface area contributed by atoms with E-state index in [-0.39, 0.29) is 102 Å². The Labute approximate surface area is 680 Å². The van der Waals surface area contributed by atoms with Crippen LogP contribution >= 0.6 is 15.9 Å². The summed E-state index contributed by atoms with van der Waals surface area (Å²) in [4.78, 5) is 62.7. The summed E-state index contributed by atoms with van der Waals surface area (Å²) in [5, 5.41) is 51.7. The van der Waals surface area contributed by atoms with Crippen LogP contribution in [0.15, 0.2) is 243 Å². The van der Waals surface area contributed by atoms with E-state index in [1.807, 2.05) is 78.9 Å². The predicted molar refractivity (Wildman–Crippen MR) is 443 cm³/mol. The van der Waals surface area contributed by atoms with Crippen LogP contribution in [0, 0.1) is 72.9 Å². The summed E-state index contributed by atoms with van der Waals surface area (Å²) in [6.07, 6.45) is 4.77. The number of rotatable bonds is 10. The topological polar surface area (TPSA) is 269 Å². The van der Waals surface area contributed by atoms with Gasteiger partial charge in [-0.15, -0.1) is 0 Å². The first-order valence-electron chi connectivity index (χ1n) is 39.6. The zero-order valence-electron chi connectivity index (χ0n) is 64.8. The molecule has 0 aliphatic heterocycles. The Kier molecular flexibility index (Phi) is 22.1. The molecule has 10 bridgehead atoms. The van der Waals surface area contributed by atoms with Crippen LogP contribution < -0.4 is 16.4 Å². The number of carboxylic acid groups (broad SMARTS) is 1. The van der Waals surface area contributed by atoms with Crippen LogP contribution in [-0.2, 0) is 33.4 Å². The average molecular weight is 1590 g/mol. The first-order valence-corrected chi connectivity index (χ1v) is 40.7. The third-order valence-corrected chi connectivity index (χ3v) is 27.2. The second kappa shape index (κ2) is 32.4. The maximum absolute atomic E-state index is 12.9. The van der Waals surface area contributed by atoms with E-state index in [4.69, 9.17) is 20.5 Å². The lowest BCUT2D eigenvalue weighted by molar-refractivity contribution is -0.155. The molecule has 2 amide bonds. The quantitative estimate of drug-likeness (QED) is 0.0734.